The number of aromatic hydroxyl groups is 1. The Morgan fingerprint density at radius 3 is 2.41 bits per heavy atom. The molecule has 0 unspecified atom stereocenters. The fraction of sp³-hybridized carbons (Fsp3) is 0.105. The number of phenols is 1. The first-order valence-electron chi connectivity index (χ1n) is 8.02. The van der Waals surface area contributed by atoms with Gasteiger partial charge in [-0.2, -0.15) is 5.26 Å². The van der Waals surface area contributed by atoms with Gasteiger partial charge in [-0.25, -0.2) is 9.59 Å². The average Bonchev–Trinajstić information content (AvgIpc) is 2.71. The van der Waals surface area contributed by atoms with E-state index in [1.807, 2.05) is 0 Å². The summed E-state index contributed by atoms with van der Waals surface area (Å²) in [4.78, 5) is 36.4. The van der Waals surface area contributed by atoms with Gasteiger partial charge in [0.05, 0.1) is 35.7 Å². The first-order valence-corrected chi connectivity index (χ1v) is 8.02. The SMILES string of the molecule is COC(=O)N(C)c1ccc(C(=N)C(=O)Nc2ccc(C#N)cc2C(=O)O)c(O)c1. The van der Waals surface area contributed by atoms with Crippen LogP contribution in [-0.2, 0) is 9.53 Å². The Labute approximate surface area is 165 Å². The summed E-state index contributed by atoms with van der Waals surface area (Å²) < 4.78 is 4.57. The molecule has 0 spiro atoms. The van der Waals surface area contributed by atoms with E-state index in [2.05, 4.69) is 10.1 Å². The van der Waals surface area contributed by atoms with Crippen molar-refractivity contribution >= 4 is 35.1 Å². The van der Waals surface area contributed by atoms with Crippen LogP contribution in [0, 0.1) is 16.7 Å². The third-order valence-electron chi connectivity index (χ3n) is 3.94. The summed E-state index contributed by atoms with van der Waals surface area (Å²) in [6.07, 6.45) is -0.674. The second-order valence-corrected chi connectivity index (χ2v) is 5.74. The maximum absolute atomic E-state index is 12.4. The molecule has 0 atom stereocenters. The zero-order valence-corrected chi connectivity index (χ0v) is 15.4. The van der Waals surface area contributed by atoms with Gasteiger partial charge >= 0.3 is 12.1 Å². The highest BCUT2D eigenvalue weighted by molar-refractivity contribution is 6.48. The number of hydrogen-bond donors (Lipinski definition) is 4. The second kappa shape index (κ2) is 8.53. The van der Waals surface area contributed by atoms with Crippen LogP contribution in [0.2, 0.25) is 0 Å². The fourth-order valence-corrected chi connectivity index (χ4v) is 2.39. The van der Waals surface area contributed by atoms with E-state index in [1.54, 1.807) is 6.07 Å². The van der Waals surface area contributed by atoms with Crippen LogP contribution in [-0.4, -0.2) is 48.1 Å². The van der Waals surface area contributed by atoms with Gasteiger partial charge in [-0.15, -0.1) is 0 Å². The number of aromatic carboxylic acids is 1. The smallest absolute Gasteiger partial charge is 0.413 e. The van der Waals surface area contributed by atoms with Gasteiger partial charge in [0.15, 0.2) is 0 Å². The van der Waals surface area contributed by atoms with Crippen LogP contribution in [0.25, 0.3) is 0 Å². The van der Waals surface area contributed by atoms with E-state index in [-0.39, 0.29) is 28.1 Å². The number of anilines is 2. The summed E-state index contributed by atoms with van der Waals surface area (Å²) in [5.74, 6) is -2.76. The Kier molecular flexibility index (Phi) is 6.15. The van der Waals surface area contributed by atoms with E-state index in [9.17, 15) is 24.6 Å². The molecule has 2 amide bonds. The molecule has 2 aromatic rings. The number of rotatable bonds is 5. The molecule has 0 heterocycles. The average molecular weight is 396 g/mol. The number of benzene rings is 2. The fourth-order valence-electron chi connectivity index (χ4n) is 2.39. The highest BCUT2D eigenvalue weighted by Gasteiger charge is 2.20. The maximum Gasteiger partial charge on any atom is 0.413 e. The largest absolute Gasteiger partial charge is 0.507 e. The molecule has 10 nitrogen and oxygen atoms in total. The van der Waals surface area contributed by atoms with Crippen molar-refractivity contribution in [2.45, 2.75) is 0 Å². The first-order chi connectivity index (χ1) is 13.7. The zero-order valence-electron chi connectivity index (χ0n) is 15.4. The predicted molar refractivity (Wildman–Crippen MR) is 102 cm³/mol. The maximum atomic E-state index is 12.4. The molecule has 0 saturated carbocycles. The van der Waals surface area contributed by atoms with Gasteiger partial charge < -0.3 is 20.3 Å². The Morgan fingerprint density at radius 1 is 1.17 bits per heavy atom. The van der Waals surface area contributed by atoms with Gasteiger partial charge in [0.1, 0.15) is 11.5 Å². The number of amides is 2. The van der Waals surface area contributed by atoms with E-state index < -0.39 is 29.4 Å². The van der Waals surface area contributed by atoms with Gasteiger partial charge in [-0.3, -0.25) is 15.1 Å². The van der Waals surface area contributed by atoms with E-state index in [1.165, 1.54) is 44.5 Å². The van der Waals surface area contributed by atoms with E-state index in [4.69, 9.17) is 10.7 Å². The summed E-state index contributed by atoms with van der Waals surface area (Å²) >= 11 is 0. The topological polar surface area (TPSA) is 164 Å². The summed E-state index contributed by atoms with van der Waals surface area (Å²) in [5.41, 5.74) is -0.812. The molecule has 0 saturated heterocycles. The van der Waals surface area contributed by atoms with Gasteiger partial charge in [0, 0.05) is 18.7 Å². The van der Waals surface area contributed by atoms with Crippen molar-refractivity contribution < 1.29 is 29.3 Å². The van der Waals surface area contributed by atoms with Crippen LogP contribution in [0.5, 0.6) is 5.75 Å². The monoisotopic (exact) mass is 396 g/mol. The number of hydrogen-bond acceptors (Lipinski definition) is 7. The van der Waals surface area contributed by atoms with Crippen LogP contribution in [0.15, 0.2) is 36.4 Å². The summed E-state index contributed by atoms with van der Waals surface area (Å²) in [6.45, 7) is 0. The second-order valence-electron chi connectivity index (χ2n) is 5.74. The molecular formula is C19H16N4O6. The van der Waals surface area contributed by atoms with Crippen molar-refractivity contribution in [2.75, 3.05) is 24.4 Å². The van der Waals surface area contributed by atoms with Crippen molar-refractivity contribution in [2.24, 2.45) is 0 Å². The third-order valence-corrected chi connectivity index (χ3v) is 3.94. The Balaban J connectivity index is 2.28. The number of nitrogens with zero attached hydrogens (tertiary/aromatic N) is 2. The van der Waals surface area contributed by atoms with Gasteiger partial charge in [-0.05, 0) is 30.3 Å². The Hall–Kier alpha value is -4.39. The van der Waals surface area contributed by atoms with E-state index in [0.29, 0.717) is 0 Å². The van der Waals surface area contributed by atoms with Crippen LogP contribution in [0.1, 0.15) is 21.5 Å². The number of carboxylic acids is 1. The van der Waals surface area contributed by atoms with E-state index in [0.717, 1.165) is 11.0 Å². The number of nitriles is 1. The van der Waals surface area contributed by atoms with Crippen LogP contribution >= 0.6 is 0 Å². The number of methoxy groups -OCH3 is 1. The number of carboxylic acid groups (broad SMARTS) is 1. The number of phenolic OH excluding ortho intramolecular Hbond substituents is 1. The lowest BCUT2D eigenvalue weighted by molar-refractivity contribution is -0.110. The molecule has 2 rings (SSSR count). The lowest BCUT2D eigenvalue weighted by Gasteiger charge is -2.17. The van der Waals surface area contributed by atoms with Crippen molar-refractivity contribution in [1.29, 1.82) is 10.7 Å². The first kappa shape index (κ1) is 20.9. The molecule has 0 aliphatic rings. The molecule has 0 fully saturated rings. The standard InChI is InChI=1S/C19H16N4O6/c1-23(19(28)29-2)11-4-5-12(15(24)8-11)16(21)17(25)22-14-6-3-10(9-20)7-13(14)18(26)27/h3-8,21,24H,1-2H3,(H,22,25)(H,26,27). The van der Waals surface area contributed by atoms with Crippen LogP contribution in [0.4, 0.5) is 16.2 Å². The summed E-state index contributed by atoms with van der Waals surface area (Å²) in [5, 5.41) is 38.6. The molecule has 29 heavy (non-hydrogen) atoms. The third kappa shape index (κ3) is 4.48. The zero-order chi connectivity index (χ0) is 21.7. The molecular weight excluding hydrogens is 380 g/mol. The van der Waals surface area contributed by atoms with Gasteiger partial charge in [0.25, 0.3) is 5.91 Å². The lowest BCUT2D eigenvalue weighted by atomic mass is 10.1. The Morgan fingerprint density at radius 2 is 1.86 bits per heavy atom. The normalized spacial score (nSPS) is 9.83. The minimum atomic E-state index is -1.36. The summed E-state index contributed by atoms with van der Waals surface area (Å²) in [6, 6.07) is 9.30. The molecule has 0 bridgehead atoms. The van der Waals surface area contributed by atoms with Crippen molar-refractivity contribution in [1.82, 2.24) is 0 Å². The molecule has 2 aromatic carbocycles. The molecule has 10 heteroatoms. The highest BCUT2D eigenvalue weighted by atomic mass is 16.5. The number of carbonyl (C=O) groups excluding carboxylic acids is 2. The van der Waals surface area contributed by atoms with Crippen LogP contribution in [0.3, 0.4) is 0 Å². The molecule has 148 valence electrons. The molecule has 0 aliphatic heterocycles. The highest BCUT2D eigenvalue weighted by Crippen LogP contribution is 2.26. The molecule has 4 N–H and O–H groups in total. The minimum absolute atomic E-state index is 0.0958. The molecule has 0 aliphatic carbocycles. The lowest BCUT2D eigenvalue weighted by Crippen LogP contribution is -2.26. The number of ether oxygens (including phenoxy) is 1. The summed E-state index contributed by atoms with van der Waals surface area (Å²) in [7, 11) is 2.61. The van der Waals surface area contributed by atoms with Crippen molar-refractivity contribution in [3.05, 3.63) is 53.1 Å². The predicted octanol–water partition coefficient (Wildman–Crippen LogP) is 2.17. The molecule has 0 radical (unpaired) electrons. The number of nitrogens with one attached hydrogen (secondary N) is 2. The van der Waals surface area contributed by atoms with Crippen LogP contribution < -0.4 is 10.2 Å². The number of carbonyl (C=O) groups is 3. The Bertz CT molecular complexity index is 1060. The quantitative estimate of drug-likeness (QED) is 0.562. The van der Waals surface area contributed by atoms with Crippen molar-refractivity contribution in [3.8, 4) is 11.8 Å². The van der Waals surface area contributed by atoms with E-state index >= 15 is 0 Å². The van der Waals surface area contributed by atoms with Gasteiger partial charge in [0.2, 0.25) is 0 Å². The van der Waals surface area contributed by atoms with Crippen molar-refractivity contribution in [3.63, 3.8) is 0 Å². The molecule has 0 aromatic heterocycles. The minimum Gasteiger partial charge on any atom is -0.507 e. The van der Waals surface area contributed by atoms with Gasteiger partial charge in [-0.1, -0.05) is 0 Å².